The summed E-state index contributed by atoms with van der Waals surface area (Å²) in [6.07, 6.45) is 7.54. The molecule has 3 aliphatic rings. The maximum atomic E-state index is 12.6. The van der Waals surface area contributed by atoms with Crippen LogP contribution in [0, 0.1) is 0 Å². The van der Waals surface area contributed by atoms with E-state index in [0.29, 0.717) is 19.3 Å². The van der Waals surface area contributed by atoms with E-state index in [1.807, 2.05) is 6.92 Å². The molecule has 0 bridgehead atoms. The second-order valence-electron chi connectivity index (χ2n) is 7.60. The predicted molar refractivity (Wildman–Crippen MR) is 94.7 cm³/mol. The van der Waals surface area contributed by atoms with Crippen molar-refractivity contribution in [2.75, 3.05) is 5.32 Å². The van der Waals surface area contributed by atoms with Gasteiger partial charge in [-0.3, -0.25) is 14.9 Å². The Morgan fingerprint density at radius 2 is 2.00 bits per heavy atom. The Kier molecular flexibility index (Phi) is 3.34. The van der Waals surface area contributed by atoms with E-state index in [2.05, 4.69) is 41.8 Å². The average molecular weight is 324 g/mol. The van der Waals surface area contributed by atoms with Gasteiger partial charge < -0.3 is 5.32 Å². The van der Waals surface area contributed by atoms with Crippen molar-refractivity contribution >= 4 is 23.6 Å². The van der Waals surface area contributed by atoms with Crippen LogP contribution in [0.5, 0.6) is 0 Å². The Balaban J connectivity index is 1.76. The number of carbonyl (C=O) groups excluding carboxylic acids is 2. The Morgan fingerprint density at radius 3 is 2.75 bits per heavy atom. The fraction of sp³-hybridized carbons (Fsp3) is 0.500. The van der Waals surface area contributed by atoms with Crippen molar-refractivity contribution in [2.45, 2.75) is 63.3 Å². The molecule has 2 amide bonds. The second kappa shape index (κ2) is 5.20. The van der Waals surface area contributed by atoms with Crippen LogP contribution in [0.2, 0.25) is 0 Å². The lowest BCUT2D eigenvalue weighted by atomic mass is 9.71. The zero-order valence-corrected chi connectivity index (χ0v) is 14.4. The first kappa shape index (κ1) is 15.4. The van der Waals surface area contributed by atoms with Gasteiger partial charge in [-0.1, -0.05) is 19.1 Å². The predicted octanol–water partition coefficient (Wildman–Crippen LogP) is 3.52. The number of hydrogen-bond acceptors (Lipinski definition) is 3. The highest BCUT2D eigenvalue weighted by molar-refractivity contribution is 6.03. The van der Waals surface area contributed by atoms with E-state index in [4.69, 9.17) is 0 Å². The summed E-state index contributed by atoms with van der Waals surface area (Å²) in [6.45, 7) is 4.30. The van der Waals surface area contributed by atoms with Gasteiger partial charge in [-0.25, -0.2) is 0 Å². The first-order chi connectivity index (χ1) is 11.5. The average Bonchev–Trinajstić information content (AvgIpc) is 2.93. The minimum Gasteiger partial charge on any atom is -0.376 e. The molecule has 2 heterocycles. The number of anilines is 1. The molecule has 2 atom stereocenters. The molecule has 1 aliphatic carbocycles. The molecule has 4 nitrogen and oxygen atoms in total. The Labute approximate surface area is 142 Å². The number of piperidine rings is 1. The Morgan fingerprint density at radius 1 is 1.17 bits per heavy atom. The molecule has 1 aromatic carbocycles. The largest absolute Gasteiger partial charge is 0.376 e. The fourth-order valence-electron chi connectivity index (χ4n) is 4.59. The number of imide groups is 1. The van der Waals surface area contributed by atoms with Crippen molar-refractivity contribution in [1.82, 2.24) is 5.32 Å². The zero-order chi connectivity index (χ0) is 16.9. The van der Waals surface area contributed by atoms with Crippen LogP contribution >= 0.6 is 0 Å². The zero-order valence-electron chi connectivity index (χ0n) is 14.4. The highest BCUT2D eigenvalue weighted by atomic mass is 16.2. The first-order valence-electron chi connectivity index (χ1n) is 8.95. The summed E-state index contributed by atoms with van der Waals surface area (Å²) in [6, 6.07) is 6.30. The Hall–Kier alpha value is -2.10. The van der Waals surface area contributed by atoms with Gasteiger partial charge in [0.2, 0.25) is 11.8 Å². The van der Waals surface area contributed by atoms with Gasteiger partial charge in [0.25, 0.3) is 0 Å². The van der Waals surface area contributed by atoms with Gasteiger partial charge in [0, 0.05) is 12.1 Å². The molecular weight excluding hydrogens is 300 g/mol. The van der Waals surface area contributed by atoms with Crippen LogP contribution in [0.15, 0.2) is 23.8 Å². The summed E-state index contributed by atoms with van der Waals surface area (Å²) in [5.74, 6) is -0.309. The number of rotatable bonds is 2. The molecule has 2 fully saturated rings. The highest BCUT2D eigenvalue weighted by Crippen LogP contribution is 2.45. The van der Waals surface area contributed by atoms with Crippen LogP contribution in [-0.2, 0) is 15.0 Å². The van der Waals surface area contributed by atoms with E-state index in [1.165, 1.54) is 24.0 Å². The van der Waals surface area contributed by atoms with Crippen LogP contribution in [0.1, 0.15) is 63.5 Å². The molecule has 1 saturated heterocycles. The summed E-state index contributed by atoms with van der Waals surface area (Å²) in [5.41, 5.74) is 4.29. The third-order valence-corrected chi connectivity index (χ3v) is 6.25. The van der Waals surface area contributed by atoms with E-state index < -0.39 is 5.41 Å². The molecule has 4 rings (SSSR count). The highest BCUT2D eigenvalue weighted by Gasteiger charge is 2.43. The molecule has 4 heteroatoms. The van der Waals surface area contributed by atoms with Gasteiger partial charge in [-0.05, 0) is 67.9 Å². The van der Waals surface area contributed by atoms with Gasteiger partial charge >= 0.3 is 0 Å². The molecule has 2 unspecified atom stereocenters. The summed E-state index contributed by atoms with van der Waals surface area (Å²) in [7, 11) is 0. The van der Waals surface area contributed by atoms with Gasteiger partial charge in [0.1, 0.15) is 0 Å². The second-order valence-corrected chi connectivity index (χ2v) is 7.60. The van der Waals surface area contributed by atoms with Crippen LogP contribution in [0.25, 0.3) is 6.08 Å². The van der Waals surface area contributed by atoms with E-state index >= 15 is 0 Å². The number of carbonyl (C=O) groups is 2. The monoisotopic (exact) mass is 324 g/mol. The summed E-state index contributed by atoms with van der Waals surface area (Å²) in [5, 5.41) is 6.23. The topological polar surface area (TPSA) is 58.2 Å². The van der Waals surface area contributed by atoms with Crippen LogP contribution < -0.4 is 10.6 Å². The summed E-state index contributed by atoms with van der Waals surface area (Å²) >= 11 is 0. The number of fused-ring (bicyclic) bond motifs is 2. The normalized spacial score (nSPS) is 31.7. The van der Waals surface area contributed by atoms with Gasteiger partial charge in [-0.15, -0.1) is 0 Å². The molecule has 2 N–H and O–H groups in total. The third-order valence-electron chi connectivity index (χ3n) is 6.25. The molecule has 1 saturated carbocycles. The fourth-order valence-corrected chi connectivity index (χ4v) is 4.59. The lowest BCUT2D eigenvalue weighted by Crippen LogP contribution is -2.51. The summed E-state index contributed by atoms with van der Waals surface area (Å²) < 4.78 is 0. The molecule has 1 aromatic rings. The van der Waals surface area contributed by atoms with Crippen molar-refractivity contribution in [3.63, 3.8) is 0 Å². The minimum absolute atomic E-state index is 0.0889. The molecular formula is C20H24N2O2. The maximum Gasteiger partial charge on any atom is 0.237 e. The van der Waals surface area contributed by atoms with Crippen molar-refractivity contribution in [3.8, 4) is 0 Å². The van der Waals surface area contributed by atoms with E-state index in [0.717, 1.165) is 17.7 Å². The standard InChI is InChI=1S/C20H24N2O2/c1-3-20(10-8-17(23)21-18(20)24)15-6-7-16-13(12-15)11-14-5-4-9-19(14,2)22-16/h6-7,11-12,22H,3-5,8-10H2,1-2H3,(H,21,23,24). The van der Waals surface area contributed by atoms with Crippen molar-refractivity contribution < 1.29 is 9.59 Å². The third kappa shape index (κ3) is 2.12. The van der Waals surface area contributed by atoms with Crippen LogP contribution in [0.3, 0.4) is 0 Å². The van der Waals surface area contributed by atoms with Gasteiger partial charge in [0.05, 0.1) is 11.0 Å². The molecule has 126 valence electrons. The smallest absolute Gasteiger partial charge is 0.237 e. The maximum absolute atomic E-state index is 12.6. The number of nitrogens with one attached hydrogen (secondary N) is 2. The molecule has 2 aliphatic heterocycles. The molecule has 24 heavy (non-hydrogen) atoms. The first-order valence-corrected chi connectivity index (χ1v) is 8.95. The van der Waals surface area contributed by atoms with Crippen molar-refractivity contribution in [2.24, 2.45) is 0 Å². The number of hydrogen-bond donors (Lipinski definition) is 2. The quantitative estimate of drug-likeness (QED) is 0.818. The molecule has 0 spiro atoms. The molecule has 0 radical (unpaired) electrons. The van der Waals surface area contributed by atoms with E-state index in [-0.39, 0.29) is 17.4 Å². The Bertz CT molecular complexity index is 767. The van der Waals surface area contributed by atoms with Crippen molar-refractivity contribution in [1.29, 1.82) is 0 Å². The van der Waals surface area contributed by atoms with Crippen LogP contribution in [0.4, 0.5) is 5.69 Å². The SMILES string of the molecule is CCC1(c2ccc3c(c2)C=C2CCCC2(C)N3)CCC(=O)NC1=O. The lowest BCUT2D eigenvalue weighted by molar-refractivity contribution is -0.138. The summed E-state index contributed by atoms with van der Waals surface area (Å²) in [4.78, 5) is 24.1. The lowest BCUT2D eigenvalue weighted by Gasteiger charge is -2.37. The number of amides is 2. The van der Waals surface area contributed by atoms with Gasteiger partial charge in [0.15, 0.2) is 0 Å². The van der Waals surface area contributed by atoms with Crippen molar-refractivity contribution in [3.05, 3.63) is 34.9 Å². The van der Waals surface area contributed by atoms with Crippen LogP contribution in [-0.4, -0.2) is 17.4 Å². The van der Waals surface area contributed by atoms with E-state index in [1.54, 1.807) is 0 Å². The molecule has 0 aromatic heterocycles. The van der Waals surface area contributed by atoms with Gasteiger partial charge in [-0.2, -0.15) is 0 Å². The number of benzene rings is 1. The van der Waals surface area contributed by atoms with E-state index in [9.17, 15) is 9.59 Å². The minimum atomic E-state index is -0.585.